The molecule has 0 amide bonds. The van der Waals surface area contributed by atoms with E-state index in [-0.39, 0.29) is 17.9 Å². The molecule has 1 saturated heterocycles. The minimum atomic E-state index is -1.09. The van der Waals surface area contributed by atoms with Gasteiger partial charge < -0.3 is 19.3 Å². The van der Waals surface area contributed by atoms with Crippen molar-refractivity contribution >= 4 is 17.4 Å². The van der Waals surface area contributed by atoms with Crippen LogP contribution < -0.4 is 9.64 Å². The largest absolute Gasteiger partial charge is 0.476 e. The number of aryl methyl sites for hydroxylation is 1. The van der Waals surface area contributed by atoms with Gasteiger partial charge in [0.05, 0.1) is 29.3 Å². The molecule has 224 valence electrons. The SMILES string of the molecule is CCn1cncc1Cc1c(CN2CCN(c3cccc(OCc4ccc(C#N)cc4F)n3)CC2)nc2ccc(C(=O)O)nn12. The fourth-order valence-corrected chi connectivity index (χ4v) is 5.29. The molecule has 6 rings (SSSR count). The van der Waals surface area contributed by atoms with E-state index in [4.69, 9.17) is 15.0 Å². The van der Waals surface area contributed by atoms with Crippen molar-refractivity contribution < 1.29 is 19.0 Å². The number of piperazine rings is 1. The zero-order valence-electron chi connectivity index (χ0n) is 24.1. The van der Waals surface area contributed by atoms with Crippen molar-refractivity contribution in [3.8, 4) is 11.9 Å². The van der Waals surface area contributed by atoms with Crippen molar-refractivity contribution in [2.45, 2.75) is 33.0 Å². The average molecular weight is 596 g/mol. The molecule has 4 aromatic heterocycles. The number of aromatic nitrogens is 6. The van der Waals surface area contributed by atoms with Crippen LogP contribution in [0.15, 0.2) is 61.1 Å². The lowest BCUT2D eigenvalue weighted by atomic mass is 10.1. The summed E-state index contributed by atoms with van der Waals surface area (Å²) in [5, 5.41) is 22.8. The second-order valence-corrected chi connectivity index (χ2v) is 10.5. The summed E-state index contributed by atoms with van der Waals surface area (Å²) in [7, 11) is 0. The van der Waals surface area contributed by atoms with Crippen molar-refractivity contribution in [3.63, 3.8) is 0 Å². The molecule has 0 bridgehead atoms. The number of nitriles is 1. The molecular weight excluding hydrogens is 565 g/mol. The van der Waals surface area contributed by atoms with Gasteiger partial charge in [-0.2, -0.15) is 15.3 Å². The van der Waals surface area contributed by atoms with Crippen LogP contribution in [0.2, 0.25) is 0 Å². The Bertz CT molecular complexity index is 1850. The molecule has 0 aliphatic carbocycles. The lowest BCUT2D eigenvalue weighted by molar-refractivity contribution is 0.0688. The number of rotatable bonds is 10. The highest BCUT2D eigenvalue weighted by Gasteiger charge is 2.23. The van der Waals surface area contributed by atoms with Crippen molar-refractivity contribution in [1.29, 1.82) is 5.26 Å². The Morgan fingerprint density at radius 3 is 2.70 bits per heavy atom. The predicted octanol–water partition coefficient (Wildman–Crippen LogP) is 3.54. The molecule has 0 atom stereocenters. The normalized spacial score (nSPS) is 13.7. The van der Waals surface area contributed by atoms with Gasteiger partial charge in [-0.15, -0.1) is 0 Å². The number of nitrogens with zero attached hydrogens (tertiary/aromatic N) is 9. The monoisotopic (exact) mass is 595 g/mol. The molecule has 0 saturated carbocycles. The highest BCUT2D eigenvalue weighted by molar-refractivity contribution is 5.85. The Hall–Kier alpha value is -5.35. The molecule has 1 aromatic carbocycles. The van der Waals surface area contributed by atoms with Crippen LogP contribution in [0, 0.1) is 17.1 Å². The van der Waals surface area contributed by atoms with Gasteiger partial charge in [0.25, 0.3) is 0 Å². The Balaban J connectivity index is 1.14. The number of hydrogen-bond acceptors (Lipinski definition) is 9. The van der Waals surface area contributed by atoms with Gasteiger partial charge in [0.15, 0.2) is 11.3 Å². The average Bonchev–Trinajstić information content (AvgIpc) is 3.64. The third kappa shape index (κ3) is 6.06. The molecule has 0 radical (unpaired) electrons. The minimum Gasteiger partial charge on any atom is -0.476 e. The molecule has 5 aromatic rings. The Labute approximate surface area is 252 Å². The van der Waals surface area contributed by atoms with Crippen LogP contribution in [-0.4, -0.2) is 71.3 Å². The third-order valence-corrected chi connectivity index (χ3v) is 7.70. The number of fused-ring (bicyclic) bond motifs is 1. The lowest BCUT2D eigenvalue weighted by Gasteiger charge is -2.35. The van der Waals surface area contributed by atoms with Gasteiger partial charge in [-0.3, -0.25) is 4.90 Å². The van der Waals surface area contributed by atoms with Gasteiger partial charge in [-0.05, 0) is 37.3 Å². The molecule has 44 heavy (non-hydrogen) atoms. The number of halogens is 1. The molecule has 1 N–H and O–H groups in total. The summed E-state index contributed by atoms with van der Waals surface area (Å²) in [6, 6.07) is 14.9. The van der Waals surface area contributed by atoms with Crippen LogP contribution in [0.3, 0.4) is 0 Å². The van der Waals surface area contributed by atoms with E-state index in [1.807, 2.05) is 31.3 Å². The number of anilines is 1. The molecule has 1 aliphatic rings. The second kappa shape index (κ2) is 12.5. The number of carboxylic acid groups (broad SMARTS) is 1. The maximum absolute atomic E-state index is 14.3. The van der Waals surface area contributed by atoms with Gasteiger partial charge in [-0.1, -0.05) is 12.1 Å². The number of carboxylic acids is 1. The molecule has 12 nitrogen and oxygen atoms in total. The first-order valence-corrected chi connectivity index (χ1v) is 14.3. The summed E-state index contributed by atoms with van der Waals surface area (Å²) in [4.78, 5) is 29.9. The van der Waals surface area contributed by atoms with Crippen LogP contribution >= 0.6 is 0 Å². The number of imidazole rings is 2. The summed E-state index contributed by atoms with van der Waals surface area (Å²) in [6.45, 7) is 6.39. The third-order valence-electron chi connectivity index (χ3n) is 7.70. The van der Waals surface area contributed by atoms with E-state index in [9.17, 15) is 14.3 Å². The summed E-state index contributed by atoms with van der Waals surface area (Å²) in [6.07, 6.45) is 4.12. The van der Waals surface area contributed by atoms with Gasteiger partial charge in [0.1, 0.15) is 18.2 Å². The van der Waals surface area contributed by atoms with Crippen LogP contribution in [0.1, 0.15) is 45.6 Å². The Morgan fingerprint density at radius 2 is 1.95 bits per heavy atom. The Kier molecular flexibility index (Phi) is 8.16. The van der Waals surface area contributed by atoms with Crippen molar-refractivity contribution in [1.82, 2.24) is 34.0 Å². The summed E-state index contributed by atoms with van der Waals surface area (Å²) < 4.78 is 23.7. The molecule has 1 fully saturated rings. The number of benzene rings is 1. The topological polar surface area (TPSA) is 138 Å². The minimum absolute atomic E-state index is 0.00494. The maximum atomic E-state index is 14.3. The quantitative estimate of drug-likeness (QED) is 0.255. The zero-order valence-corrected chi connectivity index (χ0v) is 24.1. The van der Waals surface area contributed by atoms with Gasteiger partial charge in [-0.25, -0.2) is 23.7 Å². The van der Waals surface area contributed by atoms with E-state index in [1.165, 1.54) is 12.1 Å². The van der Waals surface area contributed by atoms with E-state index in [0.29, 0.717) is 30.1 Å². The van der Waals surface area contributed by atoms with E-state index >= 15 is 0 Å². The van der Waals surface area contributed by atoms with Crippen molar-refractivity contribution in [2.75, 3.05) is 31.1 Å². The lowest BCUT2D eigenvalue weighted by Crippen LogP contribution is -2.46. The molecule has 0 unspecified atom stereocenters. The van der Waals surface area contributed by atoms with Crippen LogP contribution in [0.25, 0.3) is 5.65 Å². The standard InChI is InChI=1S/C31H30FN9O3/c1-2-39-20-34-17-23(39)15-27-26(35-29-9-8-25(31(42)43)37-41(27)29)18-38-10-12-40(13-11-38)28-4-3-5-30(36-28)44-19-22-7-6-21(16-33)14-24(22)32/h3-9,14,17,20H,2,10-13,15,18-19H2,1H3,(H,42,43). The number of ether oxygens (including phenoxy) is 1. The fraction of sp³-hybridized carbons (Fsp3) is 0.290. The summed E-state index contributed by atoms with van der Waals surface area (Å²) in [5.74, 6) is -0.414. The molecule has 1 aliphatic heterocycles. The van der Waals surface area contributed by atoms with Crippen molar-refractivity contribution in [2.24, 2.45) is 0 Å². The second-order valence-electron chi connectivity index (χ2n) is 10.5. The maximum Gasteiger partial charge on any atom is 0.356 e. The highest BCUT2D eigenvalue weighted by Crippen LogP contribution is 2.22. The van der Waals surface area contributed by atoms with E-state index < -0.39 is 11.8 Å². The van der Waals surface area contributed by atoms with E-state index in [1.54, 1.807) is 35.1 Å². The fourth-order valence-electron chi connectivity index (χ4n) is 5.29. The molecular formula is C31H30FN9O3. The molecule has 0 spiro atoms. The van der Waals surface area contributed by atoms with E-state index in [2.05, 4.69) is 29.4 Å². The number of hydrogen-bond donors (Lipinski definition) is 1. The number of carbonyl (C=O) groups is 1. The first-order valence-electron chi connectivity index (χ1n) is 14.3. The van der Waals surface area contributed by atoms with Gasteiger partial charge in [0.2, 0.25) is 5.88 Å². The summed E-state index contributed by atoms with van der Waals surface area (Å²) >= 11 is 0. The van der Waals surface area contributed by atoms with Crippen LogP contribution in [0.5, 0.6) is 5.88 Å². The Morgan fingerprint density at radius 1 is 1.11 bits per heavy atom. The number of pyridine rings is 1. The number of aromatic carboxylic acids is 1. The van der Waals surface area contributed by atoms with E-state index in [0.717, 1.165) is 55.6 Å². The first kappa shape index (κ1) is 28.8. The van der Waals surface area contributed by atoms with Crippen LogP contribution in [-0.2, 0) is 26.1 Å². The first-order chi connectivity index (χ1) is 21.4. The van der Waals surface area contributed by atoms with Crippen LogP contribution in [0.4, 0.5) is 10.2 Å². The predicted molar refractivity (Wildman–Crippen MR) is 158 cm³/mol. The van der Waals surface area contributed by atoms with Gasteiger partial charge in [0, 0.05) is 69.2 Å². The van der Waals surface area contributed by atoms with Crippen molar-refractivity contribution in [3.05, 3.63) is 101 Å². The zero-order chi connectivity index (χ0) is 30.6. The smallest absolute Gasteiger partial charge is 0.356 e. The van der Waals surface area contributed by atoms with Gasteiger partial charge >= 0.3 is 5.97 Å². The highest BCUT2D eigenvalue weighted by atomic mass is 19.1. The molecule has 5 heterocycles. The molecule has 13 heteroatoms. The summed E-state index contributed by atoms with van der Waals surface area (Å²) in [5.41, 5.74) is 3.86.